The van der Waals surface area contributed by atoms with Gasteiger partial charge in [0, 0.05) is 51.6 Å². The number of nitrogens with zero attached hydrogens (tertiary/aromatic N) is 4. The van der Waals surface area contributed by atoms with Crippen LogP contribution in [0.1, 0.15) is 49.0 Å². The molecule has 170 valence electrons. The summed E-state index contributed by atoms with van der Waals surface area (Å²) in [5.74, 6) is 2.23. The first-order chi connectivity index (χ1) is 14.7. The molecule has 2 N–H and O–H groups in total. The number of nitrogens with one attached hydrogen (secondary N) is 2. The third-order valence-corrected chi connectivity index (χ3v) is 5.16. The fourth-order valence-corrected chi connectivity index (χ4v) is 3.43. The lowest BCUT2D eigenvalue weighted by Gasteiger charge is -2.19. The average molecular weight is 438 g/mol. The van der Waals surface area contributed by atoms with E-state index in [0.717, 1.165) is 37.2 Å². The van der Waals surface area contributed by atoms with Crippen molar-refractivity contribution in [2.75, 3.05) is 26.7 Å². The summed E-state index contributed by atoms with van der Waals surface area (Å²) in [7, 11) is 1.72. The second-order valence-electron chi connectivity index (χ2n) is 8.01. The molecule has 1 fully saturated rings. The van der Waals surface area contributed by atoms with Gasteiger partial charge >= 0.3 is 6.18 Å². The maximum atomic E-state index is 12.7. The molecule has 1 aromatic heterocycles. The van der Waals surface area contributed by atoms with Crippen molar-refractivity contribution >= 4 is 5.96 Å². The molecule has 31 heavy (non-hydrogen) atoms. The third-order valence-electron chi connectivity index (χ3n) is 5.16. The molecule has 2 aromatic rings. The maximum Gasteiger partial charge on any atom is 0.416 e. The number of alkyl halides is 3. The number of benzene rings is 1. The van der Waals surface area contributed by atoms with Gasteiger partial charge in [-0.1, -0.05) is 31.1 Å². The van der Waals surface area contributed by atoms with E-state index in [1.54, 1.807) is 19.2 Å². The minimum absolute atomic E-state index is 0.219. The highest BCUT2D eigenvalue weighted by molar-refractivity contribution is 5.80. The fraction of sp³-hybridized carbons (Fsp3) is 0.571. The molecule has 1 unspecified atom stereocenters. The molecule has 0 amide bonds. The average Bonchev–Trinajstić information content (AvgIpc) is 3.36. The summed E-state index contributed by atoms with van der Waals surface area (Å²) in [5.41, 5.74) is 0.254. The molecule has 7 nitrogen and oxygen atoms in total. The van der Waals surface area contributed by atoms with Crippen molar-refractivity contribution in [3.8, 4) is 0 Å². The number of guanidine groups is 1. The van der Waals surface area contributed by atoms with Crippen LogP contribution < -0.4 is 10.6 Å². The highest BCUT2D eigenvalue weighted by Gasteiger charge is 2.30. The number of aromatic nitrogens is 2. The number of likely N-dealkylation sites (tertiary alicyclic amines) is 1. The molecule has 3 rings (SSSR count). The van der Waals surface area contributed by atoms with Crippen molar-refractivity contribution in [2.45, 2.75) is 51.4 Å². The number of aliphatic imine (C=N–C) groups is 1. The zero-order valence-electron chi connectivity index (χ0n) is 18.0. The van der Waals surface area contributed by atoms with E-state index in [4.69, 9.17) is 4.52 Å². The van der Waals surface area contributed by atoms with Gasteiger partial charge in [0.1, 0.15) is 0 Å². The van der Waals surface area contributed by atoms with Crippen LogP contribution in [0.4, 0.5) is 13.2 Å². The van der Waals surface area contributed by atoms with Gasteiger partial charge in [0.2, 0.25) is 5.89 Å². The van der Waals surface area contributed by atoms with E-state index >= 15 is 0 Å². The molecular formula is C21H29F3N6O. The summed E-state index contributed by atoms with van der Waals surface area (Å²) in [6.45, 7) is 6.93. The second-order valence-corrected chi connectivity index (χ2v) is 8.01. The molecule has 0 radical (unpaired) electrons. The molecule has 1 aliphatic heterocycles. The van der Waals surface area contributed by atoms with Crippen molar-refractivity contribution in [2.24, 2.45) is 4.99 Å². The van der Waals surface area contributed by atoms with Crippen LogP contribution in [0.15, 0.2) is 33.8 Å². The molecule has 0 bridgehead atoms. The molecule has 1 aliphatic rings. The van der Waals surface area contributed by atoms with E-state index in [0.29, 0.717) is 37.2 Å². The summed E-state index contributed by atoms with van der Waals surface area (Å²) >= 11 is 0. The lowest BCUT2D eigenvalue weighted by Crippen LogP contribution is -2.45. The van der Waals surface area contributed by atoms with Gasteiger partial charge in [-0.15, -0.1) is 0 Å². The SMILES string of the molecule is CN=C(NCCc1nc(C(C)C)no1)NC1CCN(Cc2ccc(C(F)(F)F)cc2)C1. The topological polar surface area (TPSA) is 78.6 Å². The van der Waals surface area contributed by atoms with E-state index < -0.39 is 11.7 Å². The highest BCUT2D eigenvalue weighted by Crippen LogP contribution is 2.29. The minimum Gasteiger partial charge on any atom is -0.356 e. The molecule has 0 spiro atoms. The summed E-state index contributed by atoms with van der Waals surface area (Å²) in [6, 6.07) is 5.59. The molecule has 10 heteroatoms. The van der Waals surface area contributed by atoms with E-state index in [-0.39, 0.29) is 12.0 Å². The van der Waals surface area contributed by atoms with Crippen molar-refractivity contribution in [3.63, 3.8) is 0 Å². The normalized spacial score (nSPS) is 18.0. The number of hydrogen-bond donors (Lipinski definition) is 2. The molecular weight excluding hydrogens is 409 g/mol. The van der Waals surface area contributed by atoms with Crippen molar-refractivity contribution in [3.05, 3.63) is 47.1 Å². The summed E-state index contributed by atoms with van der Waals surface area (Å²) in [6.07, 6.45) is -2.77. The fourth-order valence-electron chi connectivity index (χ4n) is 3.43. The van der Waals surface area contributed by atoms with Crippen LogP contribution in [0.2, 0.25) is 0 Å². The summed E-state index contributed by atoms with van der Waals surface area (Å²) in [4.78, 5) is 10.8. The Kier molecular flexibility index (Phi) is 7.53. The Labute approximate surface area is 180 Å². The Morgan fingerprint density at radius 1 is 1.29 bits per heavy atom. The Morgan fingerprint density at radius 3 is 2.65 bits per heavy atom. The van der Waals surface area contributed by atoms with Gasteiger partial charge in [-0.2, -0.15) is 18.2 Å². The Bertz CT molecular complexity index is 863. The van der Waals surface area contributed by atoms with Gasteiger partial charge in [-0.25, -0.2) is 0 Å². The van der Waals surface area contributed by atoms with Crippen LogP contribution in [0, 0.1) is 0 Å². The molecule has 2 heterocycles. The Morgan fingerprint density at radius 2 is 2.03 bits per heavy atom. The van der Waals surface area contributed by atoms with Gasteiger partial charge in [0.05, 0.1) is 5.56 Å². The van der Waals surface area contributed by atoms with E-state index in [2.05, 4.69) is 30.7 Å². The van der Waals surface area contributed by atoms with Crippen LogP contribution in [-0.4, -0.2) is 53.7 Å². The lowest BCUT2D eigenvalue weighted by atomic mass is 10.1. The van der Waals surface area contributed by atoms with Gasteiger partial charge in [-0.3, -0.25) is 9.89 Å². The van der Waals surface area contributed by atoms with Crippen LogP contribution in [0.25, 0.3) is 0 Å². The van der Waals surface area contributed by atoms with Crippen LogP contribution in [0.3, 0.4) is 0 Å². The van der Waals surface area contributed by atoms with Crippen LogP contribution in [0.5, 0.6) is 0 Å². The largest absolute Gasteiger partial charge is 0.416 e. The first-order valence-electron chi connectivity index (χ1n) is 10.4. The van der Waals surface area contributed by atoms with Gasteiger partial charge in [0.15, 0.2) is 11.8 Å². The van der Waals surface area contributed by atoms with E-state index in [9.17, 15) is 13.2 Å². The third kappa shape index (κ3) is 6.68. The molecule has 1 saturated heterocycles. The van der Waals surface area contributed by atoms with Gasteiger partial charge < -0.3 is 15.2 Å². The lowest BCUT2D eigenvalue weighted by molar-refractivity contribution is -0.137. The quantitative estimate of drug-likeness (QED) is 0.511. The minimum atomic E-state index is -4.30. The zero-order chi connectivity index (χ0) is 22.4. The van der Waals surface area contributed by atoms with E-state index in [1.807, 2.05) is 13.8 Å². The number of hydrogen-bond acceptors (Lipinski definition) is 5. The zero-order valence-corrected chi connectivity index (χ0v) is 18.0. The monoisotopic (exact) mass is 438 g/mol. The maximum absolute atomic E-state index is 12.7. The Hall–Kier alpha value is -2.62. The second kappa shape index (κ2) is 10.1. The van der Waals surface area contributed by atoms with Crippen molar-refractivity contribution < 1.29 is 17.7 Å². The smallest absolute Gasteiger partial charge is 0.356 e. The van der Waals surface area contributed by atoms with E-state index in [1.165, 1.54) is 0 Å². The molecule has 1 atom stereocenters. The molecule has 1 aromatic carbocycles. The first kappa shape index (κ1) is 23.1. The number of halogens is 3. The van der Waals surface area contributed by atoms with Crippen molar-refractivity contribution in [1.29, 1.82) is 0 Å². The predicted octanol–water partition coefficient (Wildman–Crippen LogP) is 3.19. The highest BCUT2D eigenvalue weighted by atomic mass is 19.4. The van der Waals surface area contributed by atoms with Crippen LogP contribution >= 0.6 is 0 Å². The number of rotatable bonds is 7. The van der Waals surface area contributed by atoms with Crippen molar-refractivity contribution in [1.82, 2.24) is 25.7 Å². The van der Waals surface area contributed by atoms with Gasteiger partial charge in [-0.05, 0) is 24.1 Å². The summed E-state index contributed by atoms with van der Waals surface area (Å²) < 4.78 is 43.3. The predicted molar refractivity (Wildman–Crippen MR) is 112 cm³/mol. The Balaban J connectivity index is 1.41. The first-order valence-corrected chi connectivity index (χ1v) is 10.4. The molecule has 0 saturated carbocycles. The molecule has 0 aliphatic carbocycles. The van der Waals surface area contributed by atoms with Gasteiger partial charge in [0.25, 0.3) is 0 Å². The standard InChI is InChI=1S/C21H29F3N6O/c1-14(2)19-28-18(31-29-19)8-10-26-20(25-3)27-17-9-11-30(13-17)12-15-4-6-16(7-5-15)21(22,23)24/h4-7,14,17H,8-13H2,1-3H3,(H2,25,26,27). The van der Waals surface area contributed by atoms with Crippen LogP contribution in [-0.2, 0) is 19.1 Å². The summed E-state index contributed by atoms with van der Waals surface area (Å²) in [5, 5.41) is 10.6.